The zero-order valence-corrected chi connectivity index (χ0v) is 13.2. The van der Waals surface area contributed by atoms with E-state index in [1.165, 1.54) is 0 Å². The van der Waals surface area contributed by atoms with E-state index in [9.17, 15) is 4.79 Å². The van der Waals surface area contributed by atoms with E-state index in [2.05, 4.69) is 20.3 Å². The van der Waals surface area contributed by atoms with Crippen molar-refractivity contribution in [3.05, 3.63) is 42.9 Å². The van der Waals surface area contributed by atoms with Gasteiger partial charge in [0.25, 0.3) is 0 Å². The maximum Gasteiger partial charge on any atom is 0.228 e. The van der Waals surface area contributed by atoms with Gasteiger partial charge in [-0.15, -0.1) is 0 Å². The molecule has 1 amide bonds. The number of hydrogen-bond acceptors (Lipinski definition) is 5. The minimum absolute atomic E-state index is 0.00558. The first-order valence-electron chi connectivity index (χ1n) is 7.81. The zero-order chi connectivity index (χ0) is 16.5. The summed E-state index contributed by atoms with van der Waals surface area (Å²) in [4.78, 5) is 25.1. The van der Waals surface area contributed by atoms with Gasteiger partial charge in [0.05, 0.1) is 13.3 Å². The average Bonchev–Trinajstić information content (AvgIpc) is 3.46. The molecule has 1 aliphatic rings. The number of nitrogens with zero attached hydrogens (tertiary/aromatic N) is 3. The van der Waals surface area contributed by atoms with E-state index in [0.717, 1.165) is 24.0 Å². The Morgan fingerprint density at radius 3 is 2.79 bits per heavy atom. The van der Waals surface area contributed by atoms with Crippen molar-refractivity contribution in [3.8, 4) is 16.9 Å². The standard InChI is InChI=1S/C18H16N4O2/c1-24-14-7-6-13(12-3-2-8-19-9-12)16-17(14)21-15(10-20-16)22-18(23)11-4-5-11/h2-3,6-11H,4-5H2,1H3,(H,21,22,23). The molecule has 3 aromatic rings. The molecule has 0 aliphatic heterocycles. The molecule has 2 aromatic heterocycles. The monoisotopic (exact) mass is 320 g/mol. The van der Waals surface area contributed by atoms with Crippen LogP contribution < -0.4 is 10.1 Å². The highest BCUT2D eigenvalue weighted by Crippen LogP contribution is 2.33. The van der Waals surface area contributed by atoms with E-state index in [1.807, 2.05) is 24.3 Å². The fourth-order valence-corrected chi connectivity index (χ4v) is 2.63. The van der Waals surface area contributed by atoms with Gasteiger partial charge in [-0.25, -0.2) is 9.97 Å². The summed E-state index contributed by atoms with van der Waals surface area (Å²) in [7, 11) is 1.59. The Labute approximate surface area is 138 Å². The summed E-state index contributed by atoms with van der Waals surface area (Å²) in [6.45, 7) is 0. The van der Waals surface area contributed by atoms with Gasteiger partial charge in [0.2, 0.25) is 5.91 Å². The van der Waals surface area contributed by atoms with Crippen LogP contribution in [-0.2, 0) is 4.79 Å². The van der Waals surface area contributed by atoms with E-state index < -0.39 is 0 Å². The van der Waals surface area contributed by atoms with Crippen LogP contribution in [0.4, 0.5) is 5.82 Å². The summed E-state index contributed by atoms with van der Waals surface area (Å²) >= 11 is 0. The quantitative estimate of drug-likeness (QED) is 0.799. The van der Waals surface area contributed by atoms with Gasteiger partial charge >= 0.3 is 0 Å². The third kappa shape index (κ3) is 2.67. The van der Waals surface area contributed by atoms with Crippen molar-refractivity contribution in [1.82, 2.24) is 15.0 Å². The number of carbonyl (C=O) groups excluding carboxylic acids is 1. The van der Waals surface area contributed by atoms with Crippen LogP contribution in [0.2, 0.25) is 0 Å². The predicted octanol–water partition coefficient (Wildman–Crippen LogP) is 3.05. The molecule has 24 heavy (non-hydrogen) atoms. The second-order valence-electron chi connectivity index (χ2n) is 5.77. The smallest absolute Gasteiger partial charge is 0.228 e. The molecule has 0 bridgehead atoms. The molecule has 0 radical (unpaired) electrons. The first kappa shape index (κ1) is 14.6. The van der Waals surface area contributed by atoms with Crippen molar-refractivity contribution < 1.29 is 9.53 Å². The Morgan fingerprint density at radius 2 is 2.08 bits per heavy atom. The van der Waals surface area contributed by atoms with Crippen molar-refractivity contribution in [2.45, 2.75) is 12.8 Å². The number of hydrogen-bond donors (Lipinski definition) is 1. The molecule has 4 rings (SSSR count). The molecular formula is C18H16N4O2. The number of methoxy groups -OCH3 is 1. The number of fused-ring (bicyclic) bond motifs is 1. The largest absolute Gasteiger partial charge is 0.494 e. The number of pyridine rings is 1. The minimum atomic E-state index is 0.00558. The van der Waals surface area contributed by atoms with Crippen LogP contribution in [0.5, 0.6) is 5.75 Å². The number of benzene rings is 1. The molecule has 0 spiro atoms. The molecule has 1 fully saturated rings. The van der Waals surface area contributed by atoms with E-state index in [4.69, 9.17) is 4.74 Å². The van der Waals surface area contributed by atoms with E-state index >= 15 is 0 Å². The molecule has 1 saturated carbocycles. The number of rotatable bonds is 4. The van der Waals surface area contributed by atoms with Gasteiger partial charge in [0.1, 0.15) is 16.8 Å². The van der Waals surface area contributed by atoms with Crippen LogP contribution in [0, 0.1) is 5.92 Å². The molecule has 2 heterocycles. The lowest BCUT2D eigenvalue weighted by atomic mass is 10.1. The number of amides is 1. The van der Waals surface area contributed by atoms with Crippen LogP contribution >= 0.6 is 0 Å². The van der Waals surface area contributed by atoms with E-state index in [1.54, 1.807) is 25.7 Å². The Kier molecular flexibility index (Phi) is 3.57. The predicted molar refractivity (Wildman–Crippen MR) is 90.7 cm³/mol. The zero-order valence-electron chi connectivity index (χ0n) is 13.2. The molecule has 0 atom stereocenters. The highest BCUT2D eigenvalue weighted by molar-refractivity contribution is 5.97. The van der Waals surface area contributed by atoms with Crippen molar-refractivity contribution in [1.29, 1.82) is 0 Å². The minimum Gasteiger partial charge on any atom is -0.494 e. The average molecular weight is 320 g/mol. The fourth-order valence-electron chi connectivity index (χ4n) is 2.63. The first-order valence-corrected chi connectivity index (χ1v) is 7.81. The lowest BCUT2D eigenvalue weighted by Gasteiger charge is -2.11. The topological polar surface area (TPSA) is 77.0 Å². The number of anilines is 1. The lowest BCUT2D eigenvalue weighted by Crippen LogP contribution is -2.14. The molecule has 120 valence electrons. The Morgan fingerprint density at radius 1 is 1.21 bits per heavy atom. The van der Waals surface area contributed by atoms with Crippen LogP contribution in [0.15, 0.2) is 42.9 Å². The highest BCUT2D eigenvalue weighted by atomic mass is 16.5. The molecule has 0 unspecified atom stereocenters. The third-order valence-electron chi connectivity index (χ3n) is 4.05. The van der Waals surface area contributed by atoms with E-state index in [-0.39, 0.29) is 11.8 Å². The number of ether oxygens (including phenoxy) is 1. The third-order valence-corrected chi connectivity index (χ3v) is 4.05. The highest BCUT2D eigenvalue weighted by Gasteiger charge is 2.30. The van der Waals surface area contributed by atoms with Gasteiger partial charge in [-0.1, -0.05) is 6.07 Å². The van der Waals surface area contributed by atoms with Gasteiger partial charge in [0, 0.05) is 29.4 Å². The molecule has 1 aliphatic carbocycles. The van der Waals surface area contributed by atoms with E-state index in [0.29, 0.717) is 22.6 Å². The van der Waals surface area contributed by atoms with Gasteiger partial charge in [0.15, 0.2) is 5.82 Å². The Bertz CT molecular complexity index is 908. The lowest BCUT2D eigenvalue weighted by molar-refractivity contribution is -0.117. The maximum absolute atomic E-state index is 11.9. The van der Waals surface area contributed by atoms with Crippen molar-refractivity contribution in [3.63, 3.8) is 0 Å². The molecular weight excluding hydrogens is 304 g/mol. The van der Waals surface area contributed by atoms with Crippen molar-refractivity contribution in [2.24, 2.45) is 5.92 Å². The SMILES string of the molecule is COc1ccc(-c2cccnc2)c2ncc(NC(=O)C3CC3)nc12. The second kappa shape index (κ2) is 5.88. The maximum atomic E-state index is 11.9. The molecule has 1 aromatic carbocycles. The van der Waals surface area contributed by atoms with Gasteiger partial charge in [-0.2, -0.15) is 0 Å². The summed E-state index contributed by atoms with van der Waals surface area (Å²) in [6, 6.07) is 7.64. The molecule has 6 nitrogen and oxygen atoms in total. The molecule has 6 heteroatoms. The first-order chi connectivity index (χ1) is 11.8. The van der Waals surface area contributed by atoms with Gasteiger partial charge in [-0.3, -0.25) is 9.78 Å². The summed E-state index contributed by atoms with van der Waals surface area (Å²) in [5.74, 6) is 1.19. The Balaban J connectivity index is 1.81. The Hall–Kier alpha value is -3.02. The fraction of sp³-hybridized carbons (Fsp3) is 0.222. The van der Waals surface area contributed by atoms with Crippen LogP contribution in [-0.4, -0.2) is 28.0 Å². The summed E-state index contributed by atoms with van der Waals surface area (Å²) in [6.07, 6.45) is 6.99. The van der Waals surface area contributed by atoms with Crippen molar-refractivity contribution >= 4 is 22.8 Å². The van der Waals surface area contributed by atoms with Crippen LogP contribution in [0.3, 0.4) is 0 Å². The number of aromatic nitrogens is 3. The molecule has 1 N–H and O–H groups in total. The normalized spacial score (nSPS) is 13.7. The summed E-state index contributed by atoms with van der Waals surface area (Å²) < 4.78 is 5.41. The van der Waals surface area contributed by atoms with Crippen LogP contribution in [0.25, 0.3) is 22.2 Å². The number of nitrogens with one attached hydrogen (secondary N) is 1. The second-order valence-corrected chi connectivity index (χ2v) is 5.77. The van der Waals surface area contributed by atoms with Gasteiger partial charge < -0.3 is 10.1 Å². The van der Waals surface area contributed by atoms with Crippen LogP contribution in [0.1, 0.15) is 12.8 Å². The summed E-state index contributed by atoms with van der Waals surface area (Å²) in [5.41, 5.74) is 3.21. The molecule has 0 saturated heterocycles. The summed E-state index contributed by atoms with van der Waals surface area (Å²) in [5, 5.41) is 2.83. The van der Waals surface area contributed by atoms with Gasteiger partial charge in [-0.05, 0) is 31.0 Å². The number of carbonyl (C=O) groups is 1. The van der Waals surface area contributed by atoms with Crippen molar-refractivity contribution in [2.75, 3.05) is 12.4 Å².